The predicted molar refractivity (Wildman–Crippen MR) is 116 cm³/mol. The molecule has 4 rings (SSSR count). The molecule has 8 heteroatoms. The number of rotatable bonds is 4. The molecule has 0 aliphatic heterocycles. The van der Waals surface area contributed by atoms with Gasteiger partial charge in [0.2, 0.25) is 0 Å². The van der Waals surface area contributed by atoms with Crippen LogP contribution in [-0.4, -0.2) is 31.2 Å². The Morgan fingerprint density at radius 2 is 2.00 bits per heavy atom. The number of nitrogens with zero attached hydrogens (tertiary/aromatic N) is 2. The lowest BCUT2D eigenvalue weighted by molar-refractivity contribution is 0.462. The van der Waals surface area contributed by atoms with Crippen LogP contribution in [0.1, 0.15) is 37.7 Å². The van der Waals surface area contributed by atoms with Gasteiger partial charge in [0.05, 0.1) is 18.1 Å². The lowest BCUT2D eigenvalue weighted by atomic mass is 9.95. The van der Waals surface area contributed by atoms with Crippen molar-refractivity contribution in [2.75, 3.05) is 5.32 Å². The molecular weight excluding hydrogens is 370 g/mol. The van der Waals surface area contributed by atoms with E-state index in [9.17, 15) is 0 Å². The molecule has 1 fully saturated rings. The molecule has 0 bridgehead atoms. The molecule has 0 saturated heterocycles. The monoisotopic (exact) mass is 393 g/mol. The Morgan fingerprint density at radius 1 is 1.18 bits per heavy atom. The van der Waals surface area contributed by atoms with Gasteiger partial charge in [-0.3, -0.25) is 15.8 Å². The predicted octanol–water partition coefficient (Wildman–Crippen LogP) is 4.32. The number of hydrogen-bond acceptors (Lipinski definition) is 6. The quantitative estimate of drug-likeness (QED) is 0.333. The average molecular weight is 394 g/mol. The maximum Gasteiger partial charge on any atom is 0.157 e. The molecule has 0 unspecified atom stereocenters. The van der Waals surface area contributed by atoms with E-state index in [-0.39, 0.29) is 10.2 Å². The van der Waals surface area contributed by atoms with E-state index < -0.39 is 0 Å². The summed E-state index contributed by atoms with van der Waals surface area (Å²) in [6, 6.07) is 6.19. The van der Waals surface area contributed by atoms with Gasteiger partial charge in [0.1, 0.15) is 10.9 Å². The fraction of sp³-hybridized carbons (Fsp3) is 0.300. The topological polar surface area (TPSA) is 127 Å². The highest BCUT2D eigenvalue weighted by molar-refractivity contribution is 8.26. The summed E-state index contributed by atoms with van der Waals surface area (Å²) in [7, 11) is 0. The summed E-state index contributed by atoms with van der Waals surface area (Å²) in [6.07, 6.45) is 11.7. The third-order valence-corrected chi connectivity index (χ3v) is 5.68. The Balaban J connectivity index is 1.64. The van der Waals surface area contributed by atoms with Crippen LogP contribution in [0.2, 0.25) is 0 Å². The van der Waals surface area contributed by atoms with Crippen LogP contribution in [-0.2, 0) is 0 Å². The summed E-state index contributed by atoms with van der Waals surface area (Å²) < 4.78 is 0. The second-order valence-corrected chi connectivity index (χ2v) is 8.08. The molecule has 3 aromatic rings. The number of H-pyrrole nitrogens is 1. The van der Waals surface area contributed by atoms with E-state index in [4.69, 9.17) is 21.5 Å². The fourth-order valence-electron chi connectivity index (χ4n) is 3.66. The first kappa shape index (κ1) is 18.5. The van der Waals surface area contributed by atoms with Gasteiger partial charge in [-0.15, -0.1) is 0 Å². The van der Waals surface area contributed by atoms with Crippen LogP contribution in [0.3, 0.4) is 0 Å². The van der Waals surface area contributed by atoms with Crippen LogP contribution >= 0.6 is 11.8 Å². The molecule has 7 nitrogen and oxygen atoms in total. The van der Waals surface area contributed by atoms with Crippen molar-refractivity contribution in [2.45, 2.75) is 38.1 Å². The lowest BCUT2D eigenvalue weighted by Crippen LogP contribution is -2.22. The van der Waals surface area contributed by atoms with Gasteiger partial charge in [0, 0.05) is 34.3 Å². The van der Waals surface area contributed by atoms with E-state index >= 15 is 0 Å². The summed E-state index contributed by atoms with van der Waals surface area (Å²) in [5.41, 5.74) is 8.83. The van der Waals surface area contributed by atoms with Gasteiger partial charge in [-0.05, 0) is 36.7 Å². The zero-order valence-corrected chi connectivity index (χ0v) is 16.3. The highest BCUT2D eigenvalue weighted by atomic mass is 32.2. The van der Waals surface area contributed by atoms with Crippen molar-refractivity contribution in [3.8, 4) is 11.3 Å². The number of aromatic nitrogens is 3. The van der Waals surface area contributed by atoms with E-state index in [1.807, 2.05) is 24.4 Å². The largest absolute Gasteiger partial charge is 0.378 e. The summed E-state index contributed by atoms with van der Waals surface area (Å²) in [5, 5.41) is 20.2. The second-order valence-electron chi connectivity index (χ2n) is 7.03. The molecular formula is C20H23N7S. The Bertz CT molecular complexity index is 1020. The third-order valence-electron chi connectivity index (χ3n) is 5.02. The fourth-order valence-corrected chi connectivity index (χ4v) is 4.13. The van der Waals surface area contributed by atoms with Crippen molar-refractivity contribution in [2.24, 2.45) is 5.73 Å². The number of thioether (sulfide) groups is 1. The number of nitrogens with one attached hydrogen (secondary N) is 4. The molecule has 2 aromatic heterocycles. The molecule has 1 aromatic carbocycles. The van der Waals surface area contributed by atoms with E-state index in [2.05, 4.69) is 15.3 Å². The molecule has 144 valence electrons. The summed E-state index contributed by atoms with van der Waals surface area (Å²) in [4.78, 5) is 12.4. The minimum atomic E-state index is -0.0910. The molecule has 28 heavy (non-hydrogen) atoms. The van der Waals surface area contributed by atoms with Gasteiger partial charge in [-0.2, -0.15) is 0 Å². The van der Waals surface area contributed by atoms with E-state index in [1.54, 1.807) is 12.4 Å². The molecule has 0 atom stereocenters. The molecule has 1 aliphatic rings. The highest BCUT2D eigenvalue weighted by Gasteiger charge is 2.15. The normalized spacial score (nSPS) is 14.9. The minimum Gasteiger partial charge on any atom is -0.378 e. The van der Waals surface area contributed by atoms with Crippen molar-refractivity contribution in [1.29, 1.82) is 10.8 Å². The van der Waals surface area contributed by atoms with Gasteiger partial charge in [-0.25, -0.2) is 4.98 Å². The highest BCUT2D eigenvalue weighted by Crippen LogP contribution is 2.30. The van der Waals surface area contributed by atoms with Crippen LogP contribution in [0.5, 0.6) is 0 Å². The van der Waals surface area contributed by atoms with E-state index in [0.717, 1.165) is 45.3 Å². The molecule has 1 aliphatic carbocycles. The maximum absolute atomic E-state index is 8.13. The van der Waals surface area contributed by atoms with Gasteiger partial charge < -0.3 is 16.0 Å². The number of hydrogen-bond donors (Lipinski definition) is 5. The Kier molecular flexibility index (Phi) is 5.29. The van der Waals surface area contributed by atoms with Gasteiger partial charge in [0.25, 0.3) is 0 Å². The number of fused-ring (bicyclic) bond motifs is 1. The number of nitrogens with two attached hydrogens (primary N) is 1. The zero-order chi connectivity index (χ0) is 19.5. The Morgan fingerprint density at radius 3 is 2.79 bits per heavy atom. The number of amidine groups is 1. The van der Waals surface area contributed by atoms with Crippen LogP contribution in [0.4, 0.5) is 5.82 Å². The summed E-state index contributed by atoms with van der Waals surface area (Å²) in [5.74, 6) is 0.801. The Hall–Kier alpha value is -2.87. The van der Waals surface area contributed by atoms with E-state index in [0.29, 0.717) is 6.04 Å². The SMILES string of the molecule is N=C(N)SC(=N)c1ccc2[nH]cc(-c3cncc(NC4CCCCC4)n3)c2c1. The maximum atomic E-state index is 8.13. The molecule has 6 N–H and O–H groups in total. The third kappa shape index (κ3) is 4.01. The van der Waals surface area contributed by atoms with Gasteiger partial charge >= 0.3 is 0 Å². The molecule has 2 heterocycles. The minimum absolute atomic E-state index is 0.0910. The van der Waals surface area contributed by atoms with Crippen LogP contribution in [0.25, 0.3) is 22.2 Å². The van der Waals surface area contributed by atoms with Crippen molar-refractivity contribution in [3.05, 3.63) is 42.4 Å². The standard InChI is InChI=1S/C20H23N7S/c21-19(28-20(22)23)12-6-7-16-14(8-12)15(9-25-16)17-10-24-11-18(27-17)26-13-4-2-1-3-5-13/h6-11,13,21,25H,1-5H2,(H3,22,23)(H,26,27). The smallest absolute Gasteiger partial charge is 0.157 e. The van der Waals surface area contributed by atoms with Crippen LogP contribution < -0.4 is 11.1 Å². The first-order valence-corrected chi connectivity index (χ1v) is 10.2. The van der Waals surface area contributed by atoms with Crippen molar-refractivity contribution in [3.63, 3.8) is 0 Å². The van der Waals surface area contributed by atoms with Gasteiger partial charge in [-0.1, -0.05) is 25.3 Å². The van der Waals surface area contributed by atoms with Gasteiger partial charge in [0.15, 0.2) is 5.17 Å². The molecule has 0 spiro atoms. The first-order valence-electron chi connectivity index (χ1n) is 9.41. The average Bonchev–Trinajstić information content (AvgIpc) is 3.12. The van der Waals surface area contributed by atoms with Crippen molar-refractivity contribution in [1.82, 2.24) is 15.0 Å². The first-order chi connectivity index (χ1) is 13.6. The van der Waals surface area contributed by atoms with E-state index in [1.165, 1.54) is 32.1 Å². The van der Waals surface area contributed by atoms with Crippen molar-refractivity contribution < 1.29 is 0 Å². The Labute approximate surface area is 167 Å². The molecule has 0 radical (unpaired) electrons. The number of benzene rings is 1. The van der Waals surface area contributed by atoms with Crippen molar-refractivity contribution >= 4 is 38.7 Å². The van der Waals surface area contributed by atoms with Crippen LogP contribution in [0, 0.1) is 10.8 Å². The van der Waals surface area contributed by atoms with Crippen LogP contribution in [0.15, 0.2) is 36.8 Å². The summed E-state index contributed by atoms with van der Waals surface area (Å²) >= 11 is 0.938. The molecule has 0 amide bonds. The second kappa shape index (κ2) is 8.02. The summed E-state index contributed by atoms with van der Waals surface area (Å²) in [6.45, 7) is 0. The number of aromatic amines is 1. The lowest BCUT2D eigenvalue weighted by Gasteiger charge is -2.23. The zero-order valence-electron chi connectivity index (χ0n) is 15.5. The number of anilines is 1. The molecule has 1 saturated carbocycles.